The van der Waals surface area contributed by atoms with Gasteiger partial charge in [-0.1, -0.05) is 13.3 Å². The second-order valence-corrected chi connectivity index (χ2v) is 5.07. The third kappa shape index (κ3) is 2.44. The molecule has 1 aromatic heterocycles. The molecule has 1 aromatic rings. The Morgan fingerprint density at radius 2 is 2.06 bits per heavy atom. The van der Waals surface area contributed by atoms with Crippen LogP contribution in [0.3, 0.4) is 0 Å². The van der Waals surface area contributed by atoms with Crippen molar-refractivity contribution in [2.24, 2.45) is 0 Å². The number of hydrogen-bond acceptors (Lipinski definition) is 5. The van der Waals surface area contributed by atoms with Gasteiger partial charge in [0.1, 0.15) is 0 Å². The molecule has 0 radical (unpaired) electrons. The largest absolute Gasteiger partial charge is 0.344 e. The lowest BCUT2D eigenvalue weighted by Crippen LogP contribution is -2.40. The zero-order chi connectivity index (χ0) is 12.3. The second-order valence-electron chi connectivity index (χ2n) is 5.07. The average Bonchev–Trinajstić information content (AvgIpc) is 2.80. The van der Waals surface area contributed by atoms with E-state index in [2.05, 4.69) is 22.4 Å². The third-order valence-electron chi connectivity index (χ3n) is 3.56. The first kappa shape index (κ1) is 12.4. The third-order valence-corrected chi connectivity index (χ3v) is 3.56. The number of aromatic nitrogens is 2. The summed E-state index contributed by atoms with van der Waals surface area (Å²) >= 11 is 0. The minimum absolute atomic E-state index is 0.0985. The van der Waals surface area contributed by atoms with Crippen molar-refractivity contribution in [1.29, 1.82) is 0 Å². The van der Waals surface area contributed by atoms with Crippen molar-refractivity contribution in [2.45, 2.75) is 38.0 Å². The van der Waals surface area contributed by atoms with Gasteiger partial charge in [-0.05, 0) is 37.5 Å². The Balaban J connectivity index is 2.24. The molecule has 17 heavy (non-hydrogen) atoms. The van der Waals surface area contributed by atoms with E-state index in [9.17, 15) is 0 Å². The van der Waals surface area contributed by atoms with E-state index in [0.717, 1.165) is 44.7 Å². The molecular formula is C12H22N4O. The molecule has 0 unspecified atom stereocenters. The van der Waals surface area contributed by atoms with Gasteiger partial charge < -0.3 is 14.7 Å². The lowest BCUT2D eigenvalue weighted by atomic mass is 9.75. The summed E-state index contributed by atoms with van der Waals surface area (Å²) in [5.41, 5.74) is 0.0985. The van der Waals surface area contributed by atoms with Gasteiger partial charge >= 0.3 is 0 Å². The summed E-state index contributed by atoms with van der Waals surface area (Å²) in [5, 5.41) is 7.43. The fourth-order valence-electron chi connectivity index (χ4n) is 2.57. The lowest BCUT2D eigenvalue weighted by molar-refractivity contribution is 0.208. The quantitative estimate of drug-likeness (QED) is 0.862. The van der Waals surface area contributed by atoms with Crippen LogP contribution in [-0.4, -0.2) is 37.3 Å². The summed E-state index contributed by atoms with van der Waals surface area (Å²) in [7, 11) is 3.87. The highest BCUT2D eigenvalue weighted by Crippen LogP contribution is 2.37. The van der Waals surface area contributed by atoms with Crippen molar-refractivity contribution in [3.05, 3.63) is 5.89 Å². The topological polar surface area (TPSA) is 54.2 Å². The average molecular weight is 238 g/mol. The Hall–Kier alpha value is -1.10. The molecule has 0 atom stereocenters. The van der Waals surface area contributed by atoms with E-state index in [1.807, 2.05) is 19.0 Å². The van der Waals surface area contributed by atoms with Crippen molar-refractivity contribution in [3.8, 4) is 0 Å². The van der Waals surface area contributed by atoms with E-state index in [1.165, 1.54) is 0 Å². The number of hydrogen-bond donors (Lipinski definition) is 1. The van der Waals surface area contributed by atoms with Gasteiger partial charge in [0.2, 0.25) is 5.89 Å². The highest BCUT2D eigenvalue weighted by molar-refractivity contribution is 5.25. The Labute approximate surface area is 103 Å². The highest BCUT2D eigenvalue weighted by Gasteiger charge is 2.38. The minimum atomic E-state index is 0.0985. The number of nitrogens with zero attached hydrogens (tertiary/aromatic N) is 3. The highest BCUT2D eigenvalue weighted by atomic mass is 16.5. The first-order chi connectivity index (χ1) is 8.18. The van der Waals surface area contributed by atoms with Gasteiger partial charge in [-0.2, -0.15) is 4.98 Å². The number of piperidine rings is 1. The Bertz CT molecular complexity index is 350. The lowest BCUT2D eigenvalue weighted by Gasteiger charge is -2.34. The fourth-order valence-corrected chi connectivity index (χ4v) is 2.57. The zero-order valence-electron chi connectivity index (χ0n) is 11.0. The summed E-state index contributed by atoms with van der Waals surface area (Å²) in [6.07, 6.45) is 4.47. The summed E-state index contributed by atoms with van der Waals surface area (Å²) in [6.45, 7) is 4.30. The van der Waals surface area contributed by atoms with Gasteiger partial charge in [-0.15, -0.1) is 0 Å². The van der Waals surface area contributed by atoms with Crippen LogP contribution in [0.4, 0.5) is 5.95 Å². The molecule has 2 heterocycles. The standard InChI is InChI=1S/C12H22N4O/c1-4-5-12(6-8-13-9-7-12)10-14-11(15-17-10)16(2)3/h13H,4-9H2,1-3H3. The smallest absolute Gasteiger partial charge is 0.265 e. The van der Waals surface area contributed by atoms with Gasteiger partial charge in [0.15, 0.2) is 0 Å². The van der Waals surface area contributed by atoms with Crippen molar-refractivity contribution in [1.82, 2.24) is 15.5 Å². The normalized spacial score (nSPS) is 19.2. The number of nitrogens with one attached hydrogen (secondary N) is 1. The van der Waals surface area contributed by atoms with E-state index in [-0.39, 0.29) is 5.41 Å². The Kier molecular flexibility index (Phi) is 3.66. The summed E-state index contributed by atoms with van der Waals surface area (Å²) in [6, 6.07) is 0. The van der Waals surface area contributed by atoms with Crippen molar-refractivity contribution in [2.75, 3.05) is 32.1 Å². The molecule has 5 heteroatoms. The summed E-state index contributed by atoms with van der Waals surface area (Å²) in [5.74, 6) is 1.50. The van der Waals surface area contributed by atoms with Crippen LogP contribution < -0.4 is 10.2 Å². The van der Waals surface area contributed by atoms with Gasteiger partial charge in [-0.3, -0.25) is 0 Å². The first-order valence-electron chi connectivity index (χ1n) is 6.40. The molecule has 0 spiro atoms. The van der Waals surface area contributed by atoms with E-state index in [4.69, 9.17) is 4.52 Å². The minimum Gasteiger partial charge on any atom is -0.344 e. The Morgan fingerprint density at radius 1 is 1.35 bits per heavy atom. The van der Waals surface area contributed by atoms with Crippen LogP contribution in [0.2, 0.25) is 0 Å². The molecule has 1 aliphatic rings. The van der Waals surface area contributed by atoms with Gasteiger partial charge in [0.25, 0.3) is 5.95 Å². The maximum absolute atomic E-state index is 5.49. The number of anilines is 1. The predicted molar refractivity (Wildman–Crippen MR) is 67.3 cm³/mol. The molecule has 0 bridgehead atoms. The van der Waals surface area contributed by atoms with Crippen LogP contribution in [-0.2, 0) is 5.41 Å². The summed E-state index contributed by atoms with van der Waals surface area (Å²) in [4.78, 5) is 6.43. The van der Waals surface area contributed by atoms with Crippen LogP contribution >= 0.6 is 0 Å². The molecule has 5 nitrogen and oxygen atoms in total. The monoisotopic (exact) mass is 238 g/mol. The first-order valence-corrected chi connectivity index (χ1v) is 6.40. The molecule has 2 rings (SSSR count). The van der Waals surface area contributed by atoms with Gasteiger partial charge in [0.05, 0.1) is 5.41 Å². The molecule has 1 saturated heterocycles. The van der Waals surface area contributed by atoms with E-state index < -0.39 is 0 Å². The van der Waals surface area contributed by atoms with Crippen molar-refractivity contribution < 1.29 is 4.52 Å². The van der Waals surface area contributed by atoms with Crippen molar-refractivity contribution in [3.63, 3.8) is 0 Å². The van der Waals surface area contributed by atoms with Crippen LogP contribution in [0.25, 0.3) is 0 Å². The van der Waals surface area contributed by atoms with Gasteiger partial charge in [-0.25, -0.2) is 0 Å². The van der Waals surface area contributed by atoms with Crippen LogP contribution in [0.5, 0.6) is 0 Å². The predicted octanol–water partition coefficient (Wildman–Crippen LogP) is 1.56. The molecule has 0 aliphatic carbocycles. The Morgan fingerprint density at radius 3 is 2.59 bits per heavy atom. The molecule has 0 aromatic carbocycles. The van der Waals surface area contributed by atoms with Crippen LogP contribution in [0.1, 0.15) is 38.5 Å². The fraction of sp³-hybridized carbons (Fsp3) is 0.833. The second kappa shape index (κ2) is 5.04. The maximum atomic E-state index is 5.49. The summed E-state index contributed by atoms with van der Waals surface area (Å²) < 4.78 is 5.49. The van der Waals surface area contributed by atoms with E-state index in [0.29, 0.717) is 5.95 Å². The van der Waals surface area contributed by atoms with Crippen LogP contribution in [0.15, 0.2) is 4.52 Å². The molecule has 1 fully saturated rings. The maximum Gasteiger partial charge on any atom is 0.265 e. The zero-order valence-corrected chi connectivity index (χ0v) is 11.0. The molecule has 1 N–H and O–H groups in total. The van der Waals surface area contributed by atoms with E-state index >= 15 is 0 Å². The molecular weight excluding hydrogens is 216 g/mol. The molecule has 0 amide bonds. The molecule has 1 aliphatic heterocycles. The van der Waals surface area contributed by atoms with E-state index in [1.54, 1.807) is 0 Å². The SMILES string of the molecule is CCCC1(c2nc(N(C)C)no2)CCNCC1. The van der Waals surface area contributed by atoms with Gasteiger partial charge in [0, 0.05) is 14.1 Å². The number of rotatable bonds is 4. The van der Waals surface area contributed by atoms with Crippen molar-refractivity contribution >= 4 is 5.95 Å². The molecule has 0 saturated carbocycles. The molecule has 96 valence electrons. The van der Waals surface area contributed by atoms with Crippen LogP contribution in [0, 0.1) is 0 Å².